The number of benzene rings is 1. The van der Waals surface area contributed by atoms with Crippen LogP contribution in [0.25, 0.3) is 0 Å². The van der Waals surface area contributed by atoms with Crippen LogP contribution in [0.4, 0.5) is 11.4 Å². The number of hydrogen-bond donors (Lipinski definition) is 1. The molecule has 0 bridgehead atoms. The Morgan fingerprint density at radius 2 is 2.25 bits per heavy atom. The van der Waals surface area contributed by atoms with Crippen LogP contribution in [0, 0.1) is 28.4 Å². The van der Waals surface area contributed by atoms with E-state index < -0.39 is 10.5 Å². The zero-order valence-electron chi connectivity index (χ0n) is 15.2. The minimum atomic E-state index is -0.601. The Hall–Kier alpha value is -3.51. The number of nitrogens with zero attached hydrogens (tertiary/aromatic N) is 4. The Labute approximate surface area is 160 Å². The number of nitro benzene ring substituents is 1. The van der Waals surface area contributed by atoms with E-state index in [9.17, 15) is 25.3 Å². The van der Waals surface area contributed by atoms with Gasteiger partial charge in [0.2, 0.25) is 5.88 Å². The van der Waals surface area contributed by atoms with Gasteiger partial charge in [0.25, 0.3) is 11.2 Å². The summed E-state index contributed by atoms with van der Waals surface area (Å²) in [6, 6.07) is 7.78. The van der Waals surface area contributed by atoms with Gasteiger partial charge < -0.3 is 9.84 Å². The molecule has 1 N–H and O–H groups in total. The molecule has 0 amide bonds. The van der Waals surface area contributed by atoms with Gasteiger partial charge in [-0.15, -0.1) is 0 Å². The second-order valence-electron chi connectivity index (χ2n) is 6.40. The fourth-order valence-corrected chi connectivity index (χ4v) is 3.15. The molecule has 0 aliphatic carbocycles. The minimum Gasteiger partial charge on any atom is -0.494 e. The maximum Gasteiger partial charge on any atom is 0.294 e. The zero-order chi connectivity index (χ0) is 20.3. The third kappa shape index (κ3) is 3.63. The van der Waals surface area contributed by atoms with Gasteiger partial charge in [-0.3, -0.25) is 19.5 Å². The van der Waals surface area contributed by atoms with Crippen molar-refractivity contribution in [1.82, 2.24) is 4.57 Å². The van der Waals surface area contributed by atoms with Crippen molar-refractivity contribution in [3.8, 4) is 11.9 Å². The summed E-state index contributed by atoms with van der Waals surface area (Å²) in [5.41, 5.74) is -0.385. The number of ether oxygens (including phenoxy) is 1. The summed E-state index contributed by atoms with van der Waals surface area (Å²) < 4.78 is 6.62. The molecule has 2 aromatic rings. The SMILES string of the molecule is Cc1c(C=Nc2ccccc2[N+](=O)[O-])c(O)n(CC2CCCO2)c(=O)c1C#N. The first kappa shape index (κ1) is 19.3. The number of aromatic hydroxyl groups is 1. The highest BCUT2D eigenvalue weighted by atomic mass is 16.6. The monoisotopic (exact) mass is 382 g/mol. The molecule has 1 saturated heterocycles. The van der Waals surface area contributed by atoms with Crippen molar-refractivity contribution in [2.75, 3.05) is 6.61 Å². The fourth-order valence-electron chi connectivity index (χ4n) is 3.15. The lowest BCUT2D eigenvalue weighted by molar-refractivity contribution is -0.384. The van der Waals surface area contributed by atoms with Crippen molar-refractivity contribution < 1.29 is 14.8 Å². The van der Waals surface area contributed by atoms with Crippen molar-refractivity contribution in [2.24, 2.45) is 4.99 Å². The number of pyridine rings is 1. The summed E-state index contributed by atoms with van der Waals surface area (Å²) in [4.78, 5) is 27.3. The van der Waals surface area contributed by atoms with Crippen molar-refractivity contribution in [1.29, 1.82) is 5.26 Å². The highest BCUT2D eigenvalue weighted by Gasteiger charge is 2.23. The minimum absolute atomic E-state index is 0.0988. The molecule has 1 aromatic carbocycles. The molecule has 0 radical (unpaired) electrons. The third-order valence-corrected chi connectivity index (χ3v) is 4.67. The van der Waals surface area contributed by atoms with Crippen molar-refractivity contribution in [2.45, 2.75) is 32.4 Å². The van der Waals surface area contributed by atoms with Gasteiger partial charge in [-0.1, -0.05) is 12.1 Å². The van der Waals surface area contributed by atoms with Crippen LogP contribution in [0.1, 0.15) is 29.5 Å². The summed E-state index contributed by atoms with van der Waals surface area (Å²) >= 11 is 0. The van der Waals surface area contributed by atoms with Gasteiger partial charge in [0.1, 0.15) is 17.3 Å². The molecule has 28 heavy (non-hydrogen) atoms. The molecule has 1 aliphatic heterocycles. The van der Waals surface area contributed by atoms with E-state index in [0.29, 0.717) is 6.61 Å². The first-order chi connectivity index (χ1) is 13.4. The van der Waals surface area contributed by atoms with Crippen LogP contribution in [-0.4, -0.2) is 33.5 Å². The quantitative estimate of drug-likeness (QED) is 0.480. The molecule has 3 rings (SSSR count). The van der Waals surface area contributed by atoms with Crippen molar-refractivity contribution in [3.63, 3.8) is 0 Å². The highest BCUT2D eigenvalue weighted by molar-refractivity contribution is 5.88. The molecule has 1 atom stereocenters. The summed E-state index contributed by atoms with van der Waals surface area (Å²) in [7, 11) is 0. The molecule has 1 unspecified atom stereocenters. The Bertz CT molecular complexity index is 1050. The molecule has 144 valence electrons. The van der Waals surface area contributed by atoms with Crippen LogP contribution in [0.2, 0.25) is 0 Å². The van der Waals surface area contributed by atoms with Gasteiger partial charge in [0, 0.05) is 18.9 Å². The Balaban J connectivity index is 2.09. The lowest BCUT2D eigenvalue weighted by atomic mass is 10.1. The van der Waals surface area contributed by atoms with Gasteiger partial charge in [-0.05, 0) is 31.4 Å². The summed E-state index contributed by atoms with van der Waals surface area (Å²) in [6.45, 7) is 2.23. The number of hydrogen-bond acceptors (Lipinski definition) is 7. The predicted molar refractivity (Wildman–Crippen MR) is 101 cm³/mol. The van der Waals surface area contributed by atoms with Gasteiger partial charge in [0.15, 0.2) is 0 Å². The third-order valence-electron chi connectivity index (χ3n) is 4.67. The van der Waals surface area contributed by atoms with E-state index in [2.05, 4.69) is 4.99 Å². The van der Waals surface area contributed by atoms with E-state index in [1.165, 1.54) is 31.3 Å². The van der Waals surface area contributed by atoms with Crippen LogP contribution in [0.15, 0.2) is 34.1 Å². The lowest BCUT2D eigenvalue weighted by Gasteiger charge is -2.17. The summed E-state index contributed by atoms with van der Waals surface area (Å²) in [5.74, 6) is -0.348. The van der Waals surface area contributed by atoms with Crippen molar-refractivity contribution in [3.05, 3.63) is 61.4 Å². The molecule has 9 heteroatoms. The van der Waals surface area contributed by atoms with E-state index in [1.54, 1.807) is 6.07 Å². The molecule has 1 aliphatic rings. The second kappa shape index (κ2) is 8.02. The number of aromatic nitrogens is 1. The molecule has 0 saturated carbocycles. The Kier molecular flexibility index (Phi) is 5.52. The Morgan fingerprint density at radius 1 is 1.50 bits per heavy atom. The molecule has 9 nitrogen and oxygen atoms in total. The van der Waals surface area contributed by atoms with Crippen LogP contribution in [0.5, 0.6) is 5.88 Å². The fraction of sp³-hybridized carbons (Fsp3) is 0.316. The number of rotatable bonds is 5. The average Bonchev–Trinajstić information content (AvgIpc) is 3.19. The molecule has 1 aromatic heterocycles. The van der Waals surface area contributed by atoms with Crippen LogP contribution < -0.4 is 5.56 Å². The lowest BCUT2D eigenvalue weighted by Crippen LogP contribution is -2.29. The zero-order valence-corrected chi connectivity index (χ0v) is 15.2. The molecular formula is C19H18N4O5. The van der Waals surface area contributed by atoms with Crippen LogP contribution in [0.3, 0.4) is 0 Å². The topological polar surface area (TPSA) is 131 Å². The van der Waals surface area contributed by atoms with E-state index >= 15 is 0 Å². The maximum atomic E-state index is 12.6. The summed E-state index contributed by atoms with van der Waals surface area (Å²) in [5, 5.41) is 31.2. The molecule has 2 heterocycles. The largest absolute Gasteiger partial charge is 0.494 e. The first-order valence-electron chi connectivity index (χ1n) is 8.69. The van der Waals surface area contributed by atoms with Gasteiger partial charge in [-0.25, -0.2) is 4.99 Å². The summed E-state index contributed by atoms with van der Waals surface area (Å²) in [6.07, 6.45) is 2.63. The van der Waals surface area contributed by atoms with Gasteiger partial charge in [-0.2, -0.15) is 5.26 Å². The van der Waals surface area contributed by atoms with Gasteiger partial charge >= 0.3 is 0 Å². The smallest absolute Gasteiger partial charge is 0.294 e. The first-order valence-corrected chi connectivity index (χ1v) is 8.69. The standard InChI is InChI=1S/C19H18N4O5/c1-12-14(9-20)18(24)22(11-13-5-4-8-28-13)19(25)15(12)10-21-16-6-2-3-7-17(16)23(26)27/h2-3,6-7,10,13,25H,4-5,8,11H2,1H3. The predicted octanol–water partition coefficient (Wildman–Crippen LogP) is 2.57. The normalized spacial score (nSPS) is 16.4. The van der Waals surface area contributed by atoms with Crippen LogP contribution >= 0.6 is 0 Å². The van der Waals surface area contributed by atoms with E-state index in [1.807, 2.05) is 6.07 Å². The van der Waals surface area contributed by atoms with E-state index in [-0.39, 0.29) is 46.6 Å². The number of para-hydroxylation sites is 2. The highest BCUT2D eigenvalue weighted by Crippen LogP contribution is 2.28. The molecule has 0 spiro atoms. The number of nitriles is 1. The van der Waals surface area contributed by atoms with E-state index in [0.717, 1.165) is 17.4 Å². The van der Waals surface area contributed by atoms with E-state index in [4.69, 9.17) is 4.74 Å². The number of aliphatic imine (C=N–C) groups is 1. The maximum absolute atomic E-state index is 12.6. The van der Waals surface area contributed by atoms with Crippen molar-refractivity contribution >= 4 is 17.6 Å². The number of nitro groups is 1. The molecule has 1 fully saturated rings. The molecular weight excluding hydrogens is 364 g/mol. The van der Waals surface area contributed by atoms with Crippen LogP contribution in [-0.2, 0) is 11.3 Å². The average molecular weight is 382 g/mol. The second-order valence-corrected chi connectivity index (χ2v) is 6.40. The Morgan fingerprint density at radius 3 is 2.89 bits per heavy atom. The van der Waals surface area contributed by atoms with Gasteiger partial charge in [0.05, 0.1) is 23.1 Å².